The zero-order valence-electron chi connectivity index (χ0n) is 9.38. The molecule has 0 radical (unpaired) electrons. The first-order valence-electron chi connectivity index (χ1n) is 5.42. The van der Waals surface area contributed by atoms with Crippen molar-refractivity contribution in [3.63, 3.8) is 0 Å². The Labute approximate surface area is 86.8 Å². The van der Waals surface area contributed by atoms with Gasteiger partial charge in [-0.3, -0.25) is 0 Å². The molecule has 0 saturated heterocycles. The molecule has 0 saturated carbocycles. The standard InChI is InChI=1S/C13H20O/c1-4-10-13(3,14)12-8-6-11(5-2)7-9-12/h6-9,14H,4-5,10H2,1-3H3/t13-/m1/s1. The van der Waals surface area contributed by atoms with Gasteiger partial charge in [0.1, 0.15) is 0 Å². The number of aliphatic hydroxyl groups is 1. The lowest BCUT2D eigenvalue weighted by molar-refractivity contribution is 0.0469. The maximum Gasteiger partial charge on any atom is 0.0868 e. The molecule has 0 unspecified atom stereocenters. The monoisotopic (exact) mass is 192 g/mol. The molecule has 0 heterocycles. The Bertz CT molecular complexity index is 272. The van der Waals surface area contributed by atoms with E-state index in [2.05, 4.69) is 26.0 Å². The third-order valence-electron chi connectivity index (χ3n) is 2.72. The van der Waals surface area contributed by atoms with Crippen LogP contribution in [0.25, 0.3) is 0 Å². The van der Waals surface area contributed by atoms with Gasteiger partial charge in [-0.1, -0.05) is 44.5 Å². The Balaban J connectivity index is 2.85. The van der Waals surface area contributed by atoms with Crippen molar-refractivity contribution in [1.29, 1.82) is 0 Å². The van der Waals surface area contributed by atoms with Crippen LogP contribution in [0.1, 0.15) is 44.7 Å². The van der Waals surface area contributed by atoms with Gasteiger partial charge in [-0.15, -0.1) is 0 Å². The zero-order chi connectivity index (χ0) is 10.6. The summed E-state index contributed by atoms with van der Waals surface area (Å²) in [6.07, 6.45) is 2.87. The molecule has 1 rings (SSSR count). The van der Waals surface area contributed by atoms with Crippen LogP contribution in [0.3, 0.4) is 0 Å². The van der Waals surface area contributed by atoms with E-state index >= 15 is 0 Å². The summed E-state index contributed by atoms with van der Waals surface area (Å²) in [6, 6.07) is 8.27. The molecule has 0 fully saturated rings. The molecule has 0 bridgehead atoms. The zero-order valence-corrected chi connectivity index (χ0v) is 9.38. The Morgan fingerprint density at radius 3 is 2.14 bits per heavy atom. The summed E-state index contributed by atoms with van der Waals surface area (Å²) in [5.41, 5.74) is 1.68. The van der Waals surface area contributed by atoms with Crippen LogP contribution in [0.2, 0.25) is 0 Å². The van der Waals surface area contributed by atoms with E-state index < -0.39 is 5.60 Å². The molecule has 0 amide bonds. The molecule has 78 valence electrons. The van der Waals surface area contributed by atoms with Crippen LogP contribution in [0, 0.1) is 0 Å². The third kappa shape index (κ3) is 2.58. The van der Waals surface area contributed by atoms with Gasteiger partial charge in [-0.05, 0) is 30.9 Å². The van der Waals surface area contributed by atoms with Crippen LogP contribution in [0.4, 0.5) is 0 Å². The Kier molecular flexibility index (Phi) is 3.70. The molecule has 1 heteroatoms. The van der Waals surface area contributed by atoms with Crippen molar-refractivity contribution in [2.75, 3.05) is 0 Å². The van der Waals surface area contributed by atoms with Crippen molar-refractivity contribution in [1.82, 2.24) is 0 Å². The van der Waals surface area contributed by atoms with E-state index in [0.29, 0.717) is 0 Å². The summed E-state index contributed by atoms with van der Waals surface area (Å²) in [4.78, 5) is 0. The average molecular weight is 192 g/mol. The lowest BCUT2D eigenvalue weighted by Gasteiger charge is -2.23. The molecule has 1 N–H and O–H groups in total. The van der Waals surface area contributed by atoms with Crippen LogP contribution in [-0.4, -0.2) is 5.11 Å². The van der Waals surface area contributed by atoms with Gasteiger partial charge in [0.2, 0.25) is 0 Å². The number of hydrogen-bond acceptors (Lipinski definition) is 1. The smallest absolute Gasteiger partial charge is 0.0868 e. The van der Waals surface area contributed by atoms with E-state index in [9.17, 15) is 5.11 Å². The molecule has 0 aromatic heterocycles. The van der Waals surface area contributed by atoms with Gasteiger partial charge in [0.25, 0.3) is 0 Å². The normalized spacial score (nSPS) is 15.1. The van der Waals surface area contributed by atoms with E-state index in [1.807, 2.05) is 19.1 Å². The average Bonchev–Trinajstić information content (AvgIpc) is 2.18. The maximum atomic E-state index is 10.1. The highest BCUT2D eigenvalue weighted by molar-refractivity contribution is 5.26. The molecule has 1 atom stereocenters. The second kappa shape index (κ2) is 4.61. The van der Waals surface area contributed by atoms with Crippen LogP contribution in [-0.2, 0) is 12.0 Å². The van der Waals surface area contributed by atoms with Gasteiger partial charge in [-0.25, -0.2) is 0 Å². The minimum Gasteiger partial charge on any atom is -0.385 e. The topological polar surface area (TPSA) is 20.2 Å². The molecular formula is C13H20O. The molecule has 1 aromatic rings. The van der Waals surface area contributed by atoms with Crippen LogP contribution >= 0.6 is 0 Å². The number of benzene rings is 1. The number of rotatable bonds is 4. The van der Waals surface area contributed by atoms with Gasteiger partial charge in [0.15, 0.2) is 0 Å². The second-order valence-corrected chi connectivity index (χ2v) is 4.07. The summed E-state index contributed by atoms with van der Waals surface area (Å²) in [5, 5.41) is 10.1. The highest BCUT2D eigenvalue weighted by Crippen LogP contribution is 2.25. The van der Waals surface area contributed by atoms with Gasteiger partial charge in [-0.2, -0.15) is 0 Å². The SMILES string of the molecule is CCC[C@@](C)(O)c1ccc(CC)cc1. The molecule has 0 aliphatic rings. The lowest BCUT2D eigenvalue weighted by Crippen LogP contribution is -2.20. The first-order chi connectivity index (χ1) is 6.60. The van der Waals surface area contributed by atoms with E-state index in [1.54, 1.807) is 0 Å². The minimum atomic E-state index is -0.666. The molecular weight excluding hydrogens is 172 g/mol. The minimum absolute atomic E-state index is 0.666. The van der Waals surface area contributed by atoms with Crippen LogP contribution in [0.5, 0.6) is 0 Å². The highest BCUT2D eigenvalue weighted by Gasteiger charge is 2.21. The maximum absolute atomic E-state index is 10.1. The van der Waals surface area contributed by atoms with Crippen LogP contribution < -0.4 is 0 Å². The summed E-state index contributed by atoms with van der Waals surface area (Å²) in [7, 11) is 0. The molecule has 0 aliphatic heterocycles. The fourth-order valence-electron chi connectivity index (χ4n) is 1.73. The van der Waals surface area contributed by atoms with Gasteiger partial charge >= 0.3 is 0 Å². The second-order valence-electron chi connectivity index (χ2n) is 4.07. The highest BCUT2D eigenvalue weighted by atomic mass is 16.3. The van der Waals surface area contributed by atoms with Crippen molar-refractivity contribution >= 4 is 0 Å². The van der Waals surface area contributed by atoms with Crippen molar-refractivity contribution in [2.24, 2.45) is 0 Å². The molecule has 0 spiro atoms. The van der Waals surface area contributed by atoms with E-state index in [4.69, 9.17) is 0 Å². The summed E-state index contributed by atoms with van der Waals surface area (Å²) < 4.78 is 0. The Morgan fingerprint density at radius 1 is 1.14 bits per heavy atom. The third-order valence-corrected chi connectivity index (χ3v) is 2.72. The van der Waals surface area contributed by atoms with E-state index in [0.717, 1.165) is 24.8 Å². The first-order valence-corrected chi connectivity index (χ1v) is 5.42. The number of hydrogen-bond donors (Lipinski definition) is 1. The van der Waals surface area contributed by atoms with E-state index in [1.165, 1.54) is 5.56 Å². The fraction of sp³-hybridized carbons (Fsp3) is 0.538. The Morgan fingerprint density at radius 2 is 1.71 bits per heavy atom. The van der Waals surface area contributed by atoms with Crippen molar-refractivity contribution < 1.29 is 5.11 Å². The van der Waals surface area contributed by atoms with Gasteiger partial charge in [0.05, 0.1) is 5.60 Å². The number of aryl methyl sites for hydroxylation is 1. The predicted molar refractivity (Wildman–Crippen MR) is 60.3 cm³/mol. The van der Waals surface area contributed by atoms with Crippen LogP contribution in [0.15, 0.2) is 24.3 Å². The van der Waals surface area contributed by atoms with Gasteiger partial charge < -0.3 is 5.11 Å². The van der Waals surface area contributed by atoms with Gasteiger partial charge in [0, 0.05) is 0 Å². The largest absolute Gasteiger partial charge is 0.385 e. The fourth-order valence-corrected chi connectivity index (χ4v) is 1.73. The molecule has 1 nitrogen and oxygen atoms in total. The molecule has 14 heavy (non-hydrogen) atoms. The summed E-state index contributed by atoms with van der Waals surface area (Å²) >= 11 is 0. The lowest BCUT2D eigenvalue weighted by atomic mass is 9.91. The summed E-state index contributed by atoms with van der Waals surface area (Å²) in [6.45, 7) is 6.12. The van der Waals surface area contributed by atoms with Crippen molar-refractivity contribution in [3.8, 4) is 0 Å². The van der Waals surface area contributed by atoms with E-state index in [-0.39, 0.29) is 0 Å². The quantitative estimate of drug-likeness (QED) is 0.776. The predicted octanol–water partition coefficient (Wildman–Crippen LogP) is 3.26. The molecule has 1 aromatic carbocycles. The summed E-state index contributed by atoms with van der Waals surface area (Å²) in [5.74, 6) is 0. The molecule has 0 aliphatic carbocycles. The Hall–Kier alpha value is -0.820. The van der Waals surface area contributed by atoms with Crippen molar-refractivity contribution in [3.05, 3.63) is 35.4 Å². The first kappa shape index (κ1) is 11.3. The van der Waals surface area contributed by atoms with Crippen molar-refractivity contribution in [2.45, 2.75) is 45.6 Å².